The highest BCUT2D eigenvalue weighted by molar-refractivity contribution is 7.89. The minimum atomic E-state index is -4.24. The Morgan fingerprint density at radius 2 is 2.04 bits per heavy atom. The van der Waals surface area contributed by atoms with Crippen molar-refractivity contribution >= 4 is 10.0 Å². The molecule has 1 aromatic rings. The van der Waals surface area contributed by atoms with E-state index in [1.165, 1.54) is 28.6 Å². The van der Waals surface area contributed by atoms with Crippen molar-refractivity contribution in [3.8, 4) is 0 Å². The molecule has 0 saturated carbocycles. The van der Waals surface area contributed by atoms with E-state index in [2.05, 4.69) is 4.74 Å². The predicted octanol–water partition coefficient (Wildman–Crippen LogP) is 2.61. The monoisotopic (exact) mass is 398 g/mol. The van der Waals surface area contributed by atoms with Crippen molar-refractivity contribution in [3.63, 3.8) is 0 Å². The van der Waals surface area contributed by atoms with Gasteiger partial charge in [0.2, 0.25) is 10.0 Å². The first-order valence-corrected chi connectivity index (χ1v) is 9.67. The van der Waals surface area contributed by atoms with Crippen LogP contribution in [-0.2, 0) is 21.4 Å². The van der Waals surface area contributed by atoms with Gasteiger partial charge >= 0.3 is 12.3 Å². The lowest BCUT2D eigenvalue weighted by Gasteiger charge is -2.33. The SMILES string of the molecule is NCC1CCCCN1S(=O)(=O)c1cccc(COCC(F)(F)C(F)F)c1. The molecule has 1 aromatic carbocycles. The summed E-state index contributed by atoms with van der Waals surface area (Å²) in [4.78, 5) is -0.000398. The molecule has 5 nitrogen and oxygen atoms in total. The lowest BCUT2D eigenvalue weighted by atomic mass is 10.1. The third-order valence-corrected chi connectivity index (χ3v) is 6.18. The molecule has 0 amide bonds. The van der Waals surface area contributed by atoms with Crippen molar-refractivity contribution in [2.75, 3.05) is 19.7 Å². The lowest BCUT2D eigenvalue weighted by Crippen LogP contribution is -2.47. The number of sulfonamides is 1. The first-order valence-electron chi connectivity index (χ1n) is 8.23. The molecule has 1 atom stereocenters. The maximum absolute atomic E-state index is 12.9. The number of nitrogens with zero attached hydrogens (tertiary/aromatic N) is 1. The highest BCUT2D eigenvalue weighted by Crippen LogP contribution is 2.26. The number of benzene rings is 1. The topological polar surface area (TPSA) is 72.6 Å². The van der Waals surface area contributed by atoms with Crippen molar-refractivity contribution in [2.24, 2.45) is 5.73 Å². The number of rotatable bonds is 8. The van der Waals surface area contributed by atoms with Gasteiger partial charge in [0.25, 0.3) is 0 Å². The zero-order chi connectivity index (χ0) is 19.4. The molecule has 1 aliphatic heterocycles. The minimum absolute atomic E-state index is 0.000398. The highest BCUT2D eigenvalue weighted by atomic mass is 32.2. The molecular weight excluding hydrogens is 376 g/mol. The zero-order valence-electron chi connectivity index (χ0n) is 14.1. The van der Waals surface area contributed by atoms with Gasteiger partial charge in [0.15, 0.2) is 0 Å². The standard InChI is InChI=1S/C16H22F4N2O3S/c17-15(18)16(19,20)11-25-10-12-4-3-6-14(8-12)26(23,24)22-7-2-1-5-13(22)9-21/h3-4,6,8,13,15H,1-2,5,7,9-11,21H2. The van der Waals surface area contributed by atoms with Crippen LogP contribution in [0.25, 0.3) is 0 Å². The van der Waals surface area contributed by atoms with Crippen LogP contribution in [0.3, 0.4) is 0 Å². The number of ether oxygens (including phenoxy) is 1. The van der Waals surface area contributed by atoms with E-state index in [0.29, 0.717) is 18.5 Å². The van der Waals surface area contributed by atoms with Gasteiger partial charge in [0, 0.05) is 19.1 Å². The van der Waals surface area contributed by atoms with Gasteiger partial charge in [-0.1, -0.05) is 18.6 Å². The number of hydrogen-bond donors (Lipinski definition) is 1. The molecule has 1 aliphatic rings. The Bertz CT molecular complexity index is 700. The van der Waals surface area contributed by atoms with Crippen LogP contribution in [0.2, 0.25) is 0 Å². The molecule has 0 radical (unpaired) electrons. The van der Waals surface area contributed by atoms with Crippen LogP contribution >= 0.6 is 0 Å². The van der Waals surface area contributed by atoms with Crippen molar-refractivity contribution in [3.05, 3.63) is 29.8 Å². The van der Waals surface area contributed by atoms with Crippen LogP contribution in [0.15, 0.2) is 29.2 Å². The number of hydrogen-bond acceptors (Lipinski definition) is 4. The van der Waals surface area contributed by atoms with Crippen LogP contribution in [0, 0.1) is 0 Å². The van der Waals surface area contributed by atoms with E-state index >= 15 is 0 Å². The molecule has 10 heteroatoms. The predicted molar refractivity (Wildman–Crippen MR) is 87.6 cm³/mol. The van der Waals surface area contributed by atoms with Crippen LogP contribution < -0.4 is 5.73 Å². The first-order chi connectivity index (χ1) is 12.2. The second-order valence-electron chi connectivity index (χ2n) is 6.20. The van der Waals surface area contributed by atoms with E-state index in [0.717, 1.165) is 12.8 Å². The Morgan fingerprint density at radius 3 is 2.69 bits per heavy atom. The van der Waals surface area contributed by atoms with Crippen molar-refractivity contribution in [1.82, 2.24) is 4.31 Å². The van der Waals surface area contributed by atoms with Gasteiger partial charge in [-0.2, -0.15) is 13.1 Å². The fraction of sp³-hybridized carbons (Fsp3) is 0.625. The summed E-state index contributed by atoms with van der Waals surface area (Å²) in [6.07, 6.45) is -1.50. The second kappa shape index (κ2) is 8.64. The Hall–Kier alpha value is -1.23. The second-order valence-corrected chi connectivity index (χ2v) is 8.09. The average Bonchev–Trinajstić information content (AvgIpc) is 2.61. The zero-order valence-corrected chi connectivity index (χ0v) is 14.9. The van der Waals surface area contributed by atoms with Crippen molar-refractivity contribution in [1.29, 1.82) is 0 Å². The smallest absolute Gasteiger partial charge is 0.330 e. The Kier molecular flexibility index (Phi) is 7.00. The summed E-state index contributed by atoms with van der Waals surface area (Å²) in [6, 6.07) is 5.36. The first kappa shape index (κ1) is 21.1. The lowest BCUT2D eigenvalue weighted by molar-refractivity contribution is -0.168. The molecule has 0 bridgehead atoms. The molecule has 0 aliphatic carbocycles. The number of halogens is 4. The molecule has 148 valence electrons. The summed E-state index contributed by atoms with van der Waals surface area (Å²) in [5.74, 6) is -4.24. The van der Waals surface area contributed by atoms with Gasteiger partial charge in [-0.25, -0.2) is 17.2 Å². The van der Waals surface area contributed by atoms with Crippen LogP contribution in [0.4, 0.5) is 17.6 Å². The minimum Gasteiger partial charge on any atom is -0.370 e. The van der Waals surface area contributed by atoms with E-state index in [1.807, 2.05) is 0 Å². The van der Waals surface area contributed by atoms with Crippen LogP contribution in [-0.4, -0.2) is 50.8 Å². The van der Waals surface area contributed by atoms with E-state index in [-0.39, 0.29) is 17.5 Å². The maximum Gasteiger partial charge on any atom is 0.330 e. The van der Waals surface area contributed by atoms with Gasteiger partial charge in [-0.3, -0.25) is 0 Å². The average molecular weight is 398 g/mol. The maximum atomic E-state index is 12.9. The van der Waals surface area contributed by atoms with Gasteiger partial charge in [0.05, 0.1) is 11.5 Å². The molecule has 1 saturated heterocycles. The fourth-order valence-corrected chi connectivity index (χ4v) is 4.60. The Morgan fingerprint density at radius 1 is 1.31 bits per heavy atom. The molecule has 26 heavy (non-hydrogen) atoms. The molecule has 0 spiro atoms. The summed E-state index contributed by atoms with van der Waals surface area (Å²) in [6.45, 7) is -1.26. The summed E-state index contributed by atoms with van der Waals surface area (Å²) in [7, 11) is -3.78. The molecule has 1 heterocycles. The normalized spacial score (nSPS) is 19.8. The molecule has 2 N–H and O–H groups in total. The molecule has 0 aromatic heterocycles. The molecule has 1 unspecified atom stereocenters. The van der Waals surface area contributed by atoms with Gasteiger partial charge in [0.1, 0.15) is 6.61 Å². The highest BCUT2D eigenvalue weighted by Gasteiger charge is 2.41. The number of piperidine rings is 1. The summed E-state index contributed by atoms with van der Waals surface area (Å²) in [5, 5.41) is 0. The third kappa shape index (κ3) is 4.93. The van der Waals surface area contributed by atoms with Gasteiger partial charge in [-0.15, -0.1) is 0 Å². The summed E-state index contributed by atoms with van der Waals surface area (Å²) >= 11 is 0. The van der Waals surface area contributed by atoms with Gasteiger partial charge < -0.3 is 10.5 Å². The Balaban J connectivity index is 2.10. The van der Waals surface area contributed by atoms with Gasteiger partial charge in [-0.05, 0) is 30.5 Å². The number of alkyl halides is 4. The van der Waals surface area contributed by atoms with E-state index in [9.17, 15) is 26.0 Å². The van der Waals surface area contributed by atoms with Crippen molar-refractivity contribution in [2.45, 2.75) is 49.2 Å². The molecule has 2 rings (SSSR count). The van der Waals surface area contributed by atoms with E-state index in [4.69, 9.17) is 5.73 Å². The summed E-state index contributed by atoms with van der Waals surface area (Å²) < 4.78 is 81.6. The Labute approximate surface area is 150 Å². The van der Waals surface area contributed by atoms with Crippen LogP contribution in [0.5, 0.6) is 0 Å². The quantitative estimate of drug-likeness (QED) is 0.684. The summed E-state index contributed by atoms with van der Waals surface area (Å²) in [5.41, 5.74) is 5.97. The van der Waals surface area contributed by atoms with E-state index < -0.39 is 35.6 Å². The molecule has 1 fully saturated rings. The van der Waals surface area contributed by atoms with E-state index in [1.54, 1.807) is 0 Å². The number of nitrogens with two attached hydrogens (primary N) is 1. The fourth-order valence-electron chi connectivity index (χ4n) is 2.83. The van der Waals surface area contributed by atoms with Crippen LogP contribution in [0.1, 0.15) is 24.8 Å². The van der Waals surface area contributed by atoms with Crippen molar-refractivity contribution < 1.29 is 30.7 Å². The largest absolute Gasteiger partial charge is 0.370 e. The third-order valence-electron chi connectivity index (χ3n) is 4.23. The molecular formula is C16H22F4N2O3S.